The molecule has 6 heteroatoms. The molecule has 21 heavy (non-hydrogen) atoms. The zero-order chi connectivity index (χ0) is 15.5. The van der Waals surface area contributed by atoms with Crippen LogP contribution < -0.4 is 15.2 Å². The summed E-state index contributed by atoms with van der Waals surface area (Å²) in [6, 6.07) is 13.4. The Labute approximate surface area is 124 Å². The maximum Gasteiger partial charge on any atom is 0.241 e. The van der Waals surface area contributed by atoms with Gasteiger partial charge in [0.25, 0.3) is 0 Å². The van der Waals surface area contributed by atoms with Crippen LogP contribution in [0.3, 0.4) is 0 Å². The Morgan fingerprint density at radius 1 is 1.14 bits per heavy atom. The molecule has 0 aromatic heterocycles. The van der Waals surface area contributed by atoms with Crippen molar-refractivity contribution in [3.63, 3.8) is 0 Å². The molecule has 2 aromatic rings. The third-order valence-corrected chi connectivity index (χ3v) is 4.68. The highest BCUT2D eigenvalue weighted by molar-refractivity contribution is 7.89. The van der Waals surface area contributed by atoms with Crippen LogP contribution >= 0.6 is 0 Å². The normalized spacial score (nSPS) is 12.9. The minimum Gasteiger partial charge on any atom is -0.495 e. The van der Waals surface area contributed by atoms with E-state index in [1.54, 1.807) is 6.92 Å². The summed E-state index contributed by atoms with van der Waals surface area (Å²) in [5.41, 5.74) is 6.93. The molecule has 0 fully saturated rings. The summed E-state index contributed by atoms with van der Waals surface area (Å²) in [5, 5.41) is 0. The summed E-state index contributed by atoms with van der Waals surface area (Å²) in [6.07, 6.45) is 0. The van der Waals surface area contributed by atoms with Crippen molar-refractivity contribution in [2.24, 2.45) is 0 Å². The number of nitrogens with one attached hydrogen (secondary N) is 1. The van der Waals surface area contributed by atoms with Crippen molar-refractivity contribution in [2.75, 3.05) is 12.8 Å². The van der Waals surface area contributed by atoms with Crippen molar-refractivity contribution in [1.29, 1.82) is 0 Å². The van der Waals surface area contributed by atoms with Crippen LogP contribution in [0.5, 0.6) is 5.75 Å². The standard InChI is InChI=1S/C15H18N2O3S/c1-11(12-6-4-3-5-7-12)17-21(18,19)13-8-9-15(20-2)14(16)10-13/h3-11,17H,16H2,1-2H3/t11-/m1/s1. The molecule has 2 rings (SSSR count). The van der Waals surface area contributed by atoms with E-state index in [0.717, 1.165) is 5.56 Å². The maximum atomic E-state index is 12.4. The molecule has 0 radical (unpaired) electrons. The maximum absolute atomic E-state index is 12.4. The monoisotopic (exact) mass is 306 g/mol. The molecule has 0 spiro atoms. The fourth-order valence-corrected chi connectivity index (χ4v) is 3.26. The van der Waals surface area contributed by atoms with Crippen molar-refractivity contribution in [2.45, 2.75) is 17.9 Å². The fraction of sp³-hybridized carbons (Fsp3) is 0.200. The third-order valence-electron chi connectivity index (χ3n) is 3.14. The van der Waals surface area contributed by atoms with Crippen LogP contribution in [-0.2, 0) is 10.0 Å². The highest BCUT2D eigenvalue weighted by Gasteiger charge is 2.19. The van der Waals surface area contributed by atoms with Crippen LogP contribution in [0.15, 0.2) is 53.4 Å². The number of benzene rings is 2. The second-order valence-corrected chi connectivity index (χ2v) is 6.37. The number of methoxy groups -OCH3 is 1. The number of rotatable bonds is 5. The molecule has 0 aliphatic heterocycles. The van der Waals surface area contributed by atoms with Gasteiger partial charge < -0.3 is 10.5 Å². The average molecular weight is 306 g/mol. The molecule has 0 bridgehead atoms. The number of nitrogen functional groups attached to an aromatic ring is 1. The molecular formula is C15H18N2O3S. The topological polar surface area (TPSA) is 81.4 Å². The van der Waals surface area contributed by atoms with Crippen molar-refractivity contribution in [3.05, 3.63) is 54.1 Å². The van der Waals surface area contributed by atoms with Crippen molar-refractivity contribution < 1.29 is 13.2 Å². The van der Waals surface area contributed by atoms with E-state index in [0.29, 0.717) is 5.75 Å². The number of hydrogen-bond acceptors (Lipinski definition) is 4. The first-order chi connectivity index (χ1) is 9.94. The molecule has 1 atom stereocenters. The van der Waals surface area contributed by atoms with E-state index in [4.69, 9.17) is 10.5 Å². The smallest absolute Gasteiger partial charge is 0.241 e. The Hall–Kier alpha value is -2.05. The van der Waals surface area contributed by atoms with Gasteiger partial charge in [0.15, 0.2) is 0 Å². The number of sulfonamides is 1. The fourth-order valence-electron chi connectivity index (χ4n) is 1.99. The number of ether oxygens (including phenoxy) is 1. The molecule has 0 heterocycles. The molecule has 0 aliphatic rings. The predicted molar refractivity (Wildman–Crippen MR) is 82.6 cm³/mol. The van der Waals surface area contributed by atoms with E-state index in [1.807, 2.05) is 30.3 Å². The summed E-state index contributed by atoms with van der Waals surface area (Å²) < 4.78 is 32.4. The molecular weight excluding hydrogens is 288 g/mol. The van der Waals surface area contributed by atoms with E-state index >= 15 is 0 Å². The lowest BCUT2D eigenvalue weighted by molar-refractivity contribution is 0.416. The van der Waals surface area contributed by atoms with Crippen molar-refractivity contribution in [3.8, 4) is 5.75 Å². The molecule has 0 amide bonds. The first-order valence-corrected chi connectivity index (χ1v) is 7.93. The van der Waals surface area contributed by atoms with Crippen molar-refractivity contribution >= 4 is 15.7 Å². The summed E-state index contributed by atoms with van der Waals surface area (Å²) in [5.74, 6) is 0.449. The first-order valence-electron chi connectivity index (χ1n) is 6.45. The average Bonchev–Trinajstić information content (AvgIpc) is 2.47. The Balaban J connectivity index is 2.24. The molecule has 0 saturated heterocycles. The number of hydrogen-bond donors (Lipinski definition) is 2. The van der Waals surface area contributed by atoms with Crippen LogP contribution in [0.25, 0.3) is 0 Å². The van der Waals surface area contributed by atoms with Gasteiger partial charge in [0, 0.05) is 6.04 Å². The highest BCUT2D eigenvalue weighted by atomic mass is 32.2. The van der Waals surface area contributed by atoms with E-state index in [1.165, 1.54) is 25.3 Å². The quantitative estimate of drug-likeness (QED) is 0.831. The van der Waals surface area contributed by atoms with E-state index in [-0.39, 0.29) is 16.6 Å². The molecule has 2 aromatic carbocycles. The zero-order valence-corrected chi connectivity index (χ0v) is 12.7. The predicted octanol–water partition coefficient (Wildman–Crippen LogP) is 2.32. The molecule has 0 aliphatic carbocycles. The van der Waals surface area contributed by atoms with Crippen molar-refractivity contribution in [1.82, 2.24) is 4.72 Å². The van der Waals surface area contributed by atoms with Gasteiger partial charge in [-0.05, 0) is 30.7 Å². The summed E-state index contributed by atoms with van der Waals surface area (Å²) in [6.45, 7) is 1.79. The molecule has 112 valence electrons. The Bertz CT molecular complexity index is 715. The lowest BCUT2D eigenvalue weighted by Crippen LogP contribution is -2.27. The first kappa shape index (κ1) is 15.3. The third kappa shape index (κ3) is 3.53. The van der Waals surface area contributed by atoms with Gasteiger partial charge in [0.1, 0.15) is 5.75 Å². The number of anilines is 1. The lowest BCUT2D eigenvalue weighted by Gasteiger charge is -2.15. The molecule has 0 saturated carbocycles. The van der Waals surface area contributed by atoms with E-state index < -0.39 is 10.0 Å². The molecule has 5 nitrogen and oxygen atoms in total. The zero-order valence-electron chi connectivity index (χ0n) is 11.9. The Morgan fingerprint density at radius 3 is 2.38 bits per heavy atom. The summed E-state index contributed by atoms with van der Waals surface area (Å²) >= 11 is 0. The highest BCUT2D eigenvalue weighted by Crippen LogP contribution is 2.25. The summed E-state index contributed by atoms with van der Waals surface area (Å²) in [7, 11) is -2.16. The van der Waals surface area contributed by atoms with Gasteiger partial charge in [-0.25, -0.2) is 13.1 Å². The lowest BCUT2D eigenvalue weighted by atomic mass is 10.1. The summed E-state index contributed by atoms with van der Waals surface area (Å²) in [4.78, 5) is 0.114. The van der Waals surface area contributed by atoms with Gasteiger partial charge in [-0.15, -0.1) is 0 Å². The van der Waals surface area contributed by atoms with E-state index in [2.05, 4.69) is 4.72 Å². The minimum atomic E-state index is -3.64. The van der Waals surface area contributed by atoms with Crippen LogP contribution in [0, 0.1) is 0 Å². The Kier molecular flexibility index (Phi) is 4.50. The van der Waals surface area contributed by atoms with Gasteiger partial charge in [-0.2, -0.15) is 0 Å². The van der Waals surface area contributed by atoms with Crippen LogP contribution in [0.4, 0.5) is 5.69 Å². The second-order valence-electron chi connectivity index (χ2n) is 4.66. The van der Waals surface area contributed by atoms with Crippen LogP contribution in [0.1, 0.15) is 18.5 Å². The second kappa shape index (κ2) is 6.15. The molecule has 3 N–H and O–H groups in total. The van der Waals surface area contributed by atoms with E-state index in [9.17, 15) is 8.42 Å². The van der Waals surface area contributed by atoms with Gasteiger partial charge in [-0.3, -0.25) is 0 Å². The van der Waals surface area contributed by atoms with Crippen LogP contribution in [-0.4, -0.2) is 15.5 Å². The van der Waals surface area contributed by atoms with Gasteiger partial charge in [0.2, 0.25) is 10.0 Å². The largest absolute Gasteiger partial charge is 0.495 e. The minimum absolute atomic E-state index is 0.114. The van der Waals surface area contributed by atoms with Crippen LogP contribution in [0.2, 0.25) is 0 Å². The SMILES string of the molecule is COc1ccc(S(=O)(=O)N[C@H](C)c2ccccc2)cc1N. The molecule has 0 unspecified atom stereocenters. The Morgan fingerprint density at radius 2 is 1.81 bits per heavy atom. The van der Waals surface area contributed by atoms with Gasteiger partial charge in [-0.1, -0.05) is 30.3 Å². The van der Waals surface area contributed by atoms with Gasteiger partial charge >= 0.3 is 0 Å². The van der Waals surface area contributed by atoms with Gasteiger partial charge in [0.05, 0.1) is 17.7 Å². The number of nitrogens with two attached hydrogens (primary N) is 1.